The normalized spacial score (nSPS) is 23.3. The van der Waals surface area contributed by atoms with Crippen molar-refractivity contribution in [3.05, 3.63) is 64.8 Å². The lowest BCUT2D eigenvalue weighted by Crippen LogP contribution is -2.56. The van der Waals surface area contributed by atoms with E-state index in [2.05, 4.69) is 21.3 Å². The number of nitrogens with zero attached hydrogens (tertiary/aromatic N) is 1. The van der Waals surface area contributed by atoms with Crippen LogP contribution in [0.3, 0.4) is 0 Å². The molecule has 2 aromatic heterocycles. The van der Waals surface area contributed by atoms with Crippen LogP contribution in [-0.4, -0.2) is 52.1 Å². The number of Topliss-reactive ketones (excluding diaryl/α,β-unsaturated/α-hetero) is 1. The van der Waals surface area contributed by atoms with Crippen molar-refractivity contribution in [1.29, 1.82) is 0 Å². The number of aromatic nitrogens is 1. The maximum Gasteiger partial charge on any atom is 0.287 e. The van der Waals surface area contributed by atoms with Crippen LogP contribution in [-0.2, 0) is 25.7 Å². The Kier molecular flexibility index (Phi) is 9.28. The van der Waals surface area contributed by atoms with Crippen molar-refractivity contribution < 1.29 is 34.1 Å². The summed E-state index contributed by atoms with van der Waals surface area (Å²) in [5, 5.41) is 11.6. The average Bonchev–Trinajstić information content (AvgIpc) is 3.47. The Bertz CT molecular complexity index is 1720. The molecular formula is C35H49N5O7. The molecule has 3 aromatic rings. The fourth-order valence-electron chi connectivity index (χ4n) is 7.85. The molecule has 0 aliphatic heterocycles. The van der Waals surface area contributed by atoms with Crippen molar-refractivity contribution in [1.82, 2.24) is 20.5 Å². The largest absolute Gasteiger partial charge is 0.451 e. The molecule has 4 bridgehead atoms. The molecule has 12 nitrogen and oxygen atoms in total. The Morgan fingerprint density at radius 2 is 1.64 bits per heavy atom. The minimum Gasteiger partial charge on any atom is -0.451 e. The first kappa shape index (κ1) is 32.2. The molecule has 0 saturated heterocycles. The number of carbonyl (C=O) groups excluding carboxylic acids is 5. The summed E-state index contributed by atoms with van der Waals surface area (Å²) in [4.78, 5) is 77.8. The van der Waals surface area contributed by atoms with Gasteiger partial charge in [0.15, 0.2) is 5.76 Å². The summed E-state index contributed by atoms with van der Waals surface area (Å²) < 4.78 is 6.87. The van der Waals surface area contributed by atoms with Crippen molar-refractivity contribution >= 4 is 46.1 Å². The zero-order valence-corrected chi connectivity index (χ0v) is 26.6. The van der Waals surface area contributed by atoms with Gasteiger partial charge in [-0.25, -0.2) is 0 Å². The van der Waals surface area contributed by atoms with E-state index in [1.807, 2.05) is 0 Å². The SMILES string of the molecule is CC(C)NC(=O)C(=O)CC[C@H](NC(=O)c1cc2ccccc2o1)C(=O)Nc1cccn(CC(=O)NC2C3CC4CC(C3)CC2C4)c1=O.[HH].[HH].[HH].[HH]. The van der Waals surface area contributed by atoms with Crippen molar-refractivity contribution in [3.8, 4) is 0 Å². The van der Waals surface area contributed by atoms with Gasteiger partial charge in [0.2, 0.25) is 17.6 Å². The zero-order valence-electron chi connectivity index (χ0n) is 26.6. The highest BCUT2D eigenvalue weighted by Crippen LogP contribution is 2.53. The van der Waals surface area contributed by atoms with Gasteiger partial charge >= 0.3 is 0 Å². The number of carbonyl (C=O) groups is 5. The standard InChI is InChI=1S/C35H41N5O7.4H2/c1-19(2)36-33(44)27(41)10-9-25(37-34(45)29-17-22-6-3-4-8-28(22)47-29)32(43)38-26-7-5-11-40(35(26)46)18-30(42)39-31-23-13-20-12-21(15-23)16-24(31)14-20;;;;/h3-8,11,17,19-21,23-25,31H,9-10,12-16,18H2,1-2H3,(H,36,44)(H,37,45)(H,38,43)(H,39,42);4*1H/t20?,21?,23?,24?,25-,31?;;;;/m0..../s1. The van der Waals surface area contributed by atoms with Crippen LogP contribution in [0.15, 0.2) is 57.9 Å². The van der Waals surface area contributed by atoms with Gasteiger partial charge in [-0.1, -0.05) is 18.2 Å². The Morgan fingerprint density at radius 3 is 2.32 bits per heavy atom. The highest BCUT2D eigenvalue weighted by Gasteiger charge is 2.48. The minimum absolute atomic E-state index is 0. The van der Waals surface area contributed by atoms with E-state index < -0.39 is 35.1 Å². The number of pyridine rings is 1. The molecule has 4 aliphatic rings. The summed E-state index contributed by atoms with van der Waals surface area (Å²) in [6.45, 7) is 3.24. The predicted octanol–water partition coefficient (Wildman–Crippen LogP) is 4.13. The monoisotopic (exact) mass is 651 g/mol. The molecule has 256 valence electrons. The zero-order chi connectivity index (χ0) is 33.2. The van der Waals surface area contributed by atoms with Crippen LogP contribution in [0.4, 0.5) is 5.69 Å². The lowest BCUT2D eigenvalue weighted by atomic mass is 9.54. The number of furan rings is 1. The highest BCUT2D eigenvalue weighted by molar-refractivity contribution is 6.36. The number of benzene rings is 1. The Morgan fingerprint density at radius 1 is 0.936 bits per heavy atom. The molecular weight excluding hydrogens is 602 g/mol. The van der Waals surface area contributed by atoms with Gasteiger partial charge in [-0.2, -0.15) is 0 Å². The number of anilines is 1. The number of hydrogen-bond acceptors (Lipinski definition) is 7. The number of para-hydroxylation sites is 1. The van der Waals surface area contributed by atoms with Crippen LogP contribution in [0.25, 0.3) is 11.0 Å². The van der Waals surface area contributed by atoms with Crippen molar-refractivity contribution in [3.63, 3.8) is 0 Å². The van der Waals surface area contributed by atoms with E-state index in [0.717, 1.165) is 37.5 Å². The minimum atomic E-state index is -1.29. The quantitative estimate of drug-likeness (QED) is 0.214. The third-order valence-corrected chi connectivity index (χ3v) is 9.75. The van der Waals surface area contributed by atoms with Crippen LogP contribution in [0.1, 0.15) is 75.1 Å². The fraction of sp³-hybridized carbons (Fsp3) is 0.486. The molecule has 4 saturated carbocycles. The first-order valence-electron chi connectivity index (χ1n) is 16.5. The number of hydrogen-bond donors (Lipinski definition) is 4. The average molecular weight is 652 g/mol. The lowest BCUT2D eigenvalue weighted by molar-refractivity contribution is -0.138. The molecule has 12 heteroatoms. The van der Waals surface area contributed by atoms with Crippen LogP contribution in [0.2, 0.25) is 0 Å². The molecule has 0 unspecified atom stereocenters. The fourth-order valence-corrected chi connectivity index (χ4v) is 7.85. The Balaban J connectivity index is 0.00000225. The van der Waals surface area contributed by atoms with Gasteiger partial charge in [0.05, 0.1) is 0 Å². The van der Waals surface area contributed by atoms with E-state index in [0.29, 0.717) is 22.8 Å². The van der Waals surface area contributed by atoms with Crippen LogP contribution >= 0.6 is 0 Å². The van der Waals surface area contributed by atoms with Crippen molar-refractivity contribution in [2.75, 3.05) is 5.32 Å². The van der Waals surface area contributed by atoms with Gasteiger partial charge in [0.25, 0.3) is 17.4 Å². The number of rotatable bonds is 12. The Labute approximate surface area is 278 Å². The summed E-state index contributed by atoms with van der Waals surface area (Å²) in [5.41, 5.74) is -0.195. The van der Waals surface area contributed by atoms with Crippen LogP contribution < -0.4 is 26.8 Å². The summed E-state index contributed by atoms with van der Waals surface area (Å²) in [7, 11) is 0. The molecule has 4 N–H and O–H groups in total. The Hall–Kier alpha value is -4.74. The lowest BCUT2D eigenvalue weighted by Gasteiger charge is -2.54. The van der Waals surface area contributed by atoms with Crippen LogP contribution in [0.5, 0.6) is 0 Å². The summed E-state index contributed by atoms with van der Waals surface area (Å²) in [6, 6.07) is 10.1. The first-order chi connectivity index (χ1) is 22.5. The summed E-state index contributed by atoms with van der Waals surface area (Å²) in [6.07, 6.45) is 6.88. The molecule has 1 atom stereocenters. The second-order valence-corrected chi connectivity index (χ2v) is 13.6. The van der Waals surface area contributed by atoms with Gasteiger partial charge in [-0.3, -0.25) is 28.8 Å². The summed E-state index contributed by atoms with van der Waals surface area (Å²) >= 11 is 0. The van der Waals surface area contributed by atoms with Crippen molar-refractivity contribution in [2.45, 2.75) is 83.5 Å². The highest BCUT2D eigenvalue weighted by atomic mass is 16.3. The van der Waals surface area contributed by atoms with E-state index in [1.54, 1.807) is 44.2 Å². The molecule has 4 fully saturated rings. The van der Waals surface area contributed by atoms with Crippen molar-refractivity contribution in [2.24, 2.45) is 23.7 Å². The molecule has 7 rings (SSSR count). The second-order valence-electron chi connectivity index (χ2n) is 13.6. The second kappa shape index (κ2) is 13.5. The van der Waals surface area contributed by atoms with E-state index >= 15 is 0 Å². The molecule has 2 heterocycles. The maximum atomic E-state index is 13.5. The topological polar surface area (TPSA) is 169 Å². The van der Waals surface area contributed by atoms with E-state index in [-0.39, 0.29) is 54.5 Å². The number of ketones is 1. The first-order valence-corrected chi connectivity index (χ1v) is 16.5. The van der Waals surface area contributed by atoms with Gasteiger partial charge in [-0.15, -0.1) is 0 Å². The third kappa shape index (κ3) is 7.31. The number of fused-ring (bicyclic) bond motifs is 1. The molecule has 4 amide bonds. The number of amides is 4. The summed E-state index contributed by atoms with van der Waals surface area (Å²) in [5.74, 6) is -0.760. The van der Waals surface area contributed by atoms with E-state index in [9.17, 15) is 28.8 Å². The maximum absolute atomic E-state index is 13.5. The number of nitrogens with one attached hydrogen (secondary N) is 4. The molecule has 1 aromatic carbocycles. The smallest absolute Gasteiger partial charge is 0.287 e. The van der Waals surface area contributed by atoms with Gasteiger partial charge in [-0.05, 0) is 100 Å². The van der Waals surface area contributed by atoms with Gasteiger partial charge in [0.1, 0.15) is 23.9 Å². The molecule has 47 heavy (non-hydrogen) atoms. The molecule has 0 radical (unpaired) electrons. The molecule has 4 aliphatic carbocycles. The van der Waals surface area contributed by atoms with Gasteiger partial charge < -0.3 is 30.3 Å². The van der Waals surface area contributed by atoms with E-state index in [1.165, 1.54) is 29.3 Å². The van der Waals surface area contributed by atoms with Crippen LogP contribution in [0, 0.1) is 23.7 Å². The third-order valence-electron chi connectivity index (χ3n) is 9.75. The predicted molar refractivity (Wildman–Crippen MR) is 182 cm³/mol. The van der Waals surface area contributed by atoms with Gasteiger partial charge in [0, 0.05) is 35.8 Å². The van der Waals surface area contributed by atoms with E-state index in [4.69, 9.17) is 4.42 Å². The molecule has 0 spiro atoms.